The third kappa shape index (κ3) is 1.82. The van der Waals surface area contributed by atoms with Gasteiger partial charge in [0.1, 0.15) is 21.5 Å². The number of fused-ring (bicyclic) bond motifs is 1. The van der Waals surface area contributed by atoms with E-state index in [1.807, 2.05) is 32.9 Å². The van der Waals surface area contributed by atoms with E-state index in [4.69, 9.17) is 16.0 Å². The van der Waals surface area contributed by atoms with Crippen LogP contribution in [0.5, 0.6) is 0 Å². The van der Waals surface area contributed by atoms with E-state index in [9.17, 15) is 0 Å². The molecule has 18 heavy (non-hydrogen) atoms. The van der Waals surface area contributed by atoms with Gasteiger partial charge in [0.25, 0.3) is 0 Å². The van der Waals surface area contributed by atoms with Crippen molar-refractivity contribution in [2.45, 2.75) is 20.8 Å². The number of rotatable bonds is 1. The molecule has 92 valence electrons. The van der Waals surface area contributed by atoms with Gasteiger partial charge in [-0.2, -0.15) is 0 Å². The normalized spacial score (nSPS) is 11.3. The van der Waals surface area contributed by atoms with E-state index in [1.165, 1.54) is 4.88 Å². The average molecular weight is 279 g/mol. The Labute approximate surface area is 113 Å². The van der Waals surface area contributed by atoms with Crippen molar-refractivity contribution >= 4 is 33.2 Å². The zero-order valence-corrected chi connectivity index (χ0v) is 11.8. The molecular weight excluding hydrogens is 268 g/mol. The monoisotopic (exact) mass is 278 g/mol. The third-order valence-electron chi connectivity index (χ3n) is 2.75. The Hall–Kier alpha value is -1.39. The molecule has 0 spiro atoms. The van der Waals surface area contributed by atoms with Crippen LogP contribution in [0.4, 0.5) is 0 Å². The highest BCUT2D eigenvalue weighted by Gasteiger charge is 2.14. The molecule has 0 saturated heterocycles. The maximum atomic E-state index is 6.21. The summed E-state index contributed by atoms with van der Waals surface area (Å²) in [6.45, 7) is 5.85. The summed E-state index contributed by atoms with van der Waals surface area (Å²) in [5.41, 5.74) is 0.905. The van der Waals surface area contributed by atoms with Gasteiger partial charge in [-0.25, -0.2) is 9.97 Å². The van der Waals surface area contributed by atoms with Crippen LogP contribution >= 0.6 is 22.9 Å². The molecule has 0 saturated carbocycles. The molecule has 0 atom stereocenters. The minimum Gasteiger partial charge on any atom is -0.466 e. The van der Waals surface area contributed by atoms with E-state index in [2.05, 4.69) is 9.97 Å². The maximum absolute atomic E-state index is 6.21. The molecule has 0 aromatic carbocycles. The van der Waals surface area contributed by atoms with Crippen molar-refractivity contribution in [3.63, 3.8) is 0 Å². The van der Waals surface area contributed by atoms with E-state index in [0.717, 1.165) is 27.3 Å². The van der Waals surface area contributed by atoms with Crippen molar-refractivity contribution in [2.75, 3.05) is 0 Å². The Morgan fingerprint density at radius 3 is 2.61 bits per heavy atom. The molecule has 0 N–H and O–H groups in total. The summed E-state index contributed by atoms with van der Waals surface area (Å²) in [6.07, 6.45) is 0. The Balaban J connectivity index is 2.27. The van der Waals surface area contributed by atoms with Crippen LogP contribution in [0, 0.1) is 20.8 Å². The highest BCUT2D eigenvalue weighted by atomic mass is 35.5. The second-order valence-corrected chi connectivity index (χ2v) is 5.83. The van der Waals surface area contributed by atoms with Gasteiger partial charge in [0.2, 0.25) is 0 Å². The van der Waals surface area contributed by atoms with Gasteiger partial charge < -0.3 is 4.42 Å². The predicted molar refractivity (Wildman–Crippen MR) is 74.3 cm³/mol. The zero-order valence-electron chi connectivity index (χ0n) is 10.2. The van der Waals surface area contributed by atoms with E-state index in [-0.39, 0.29) is 0 Å². The molecule has 5 heteroatoms. The summed E-state index contributed by atoms with van der Waals surface area (Å²) in [5, 5.41) is 1.42. The number of thiophene rings is 1. The number of hydrogen-bond donors (Lipinski definition) is 0. The lowest BCUT2D eigenvalue weighted by Crippen LogP contribution is -1.89. The average Bonchev–Trinajstić information content (AvgIpc) is 2.81. The molecule has 0 amide bonds. The van der Waals surface area contributed by atoms with Gasteiger partial charge in [-0.1, -0.05) is 11.6 Å². The molecular formula is C13H11ClN2OS. The third-order valence-corrected chi connectivity index (χ3v) is 3.98. The van der Waals surface area contributed by atoms with Gasteiger partial charge in [0, 0.05) is 10.3 Å². The summed E-state index contributed by atoms with van der Waals surface area (Å²) in [4.78, 5) is 11.0. The standard InChI is InChI=1S/C13H11ClN2OS/c1-6-4-9(8(3)17-6)12-15-11(14)10-5-7(2)18-13(10)16-12/h4-5H,1-3H3. The summed E-state index contributed by atoms with van der Waals surface area (Å²) in [5.74, 6) is 2.30. The summed E-state index contributed by atoms with van der Waals surface area (Å²) >= 11 is 7.83. The Kier molecular flexibility index (Phi) is 2.64. The molecule has 3 aromatic rings. The molecule has 0 bridgehead atoms. The SMILES string of the molecule is Cc1cc(-c2nc(Cl)c3cc(C)sc3n2)c(C)o1. The van der Waals surface area contributed by atoms with Crippen molar-refractivity contribution in [3.05, 3.63) is 33.7 Å². The van der Waals surface area contributed by atoms with Crippen molar-refractivity contribution < 1.29 is 4.42 Å². The van der Waals surface area contributed by atoms with Crippen LogP contribution in [-0.2, 0) is 0 Å². The lowest BCUT2D eigenvalue weighted by Gasteiger charge is -1.99. The largest absolute Gasteiger partial charge is 0.466 e. The molecule has 0 radical (unpaired) electrons. The van der Waals surface area contributed by atoms with Crippen LogP contribution in [0.2, 0.25) is 5.15 Å². The van der Waals surface area contributed by atoms with Gasteiger partial charge >= 0.3 is 0 Å². The molecule has 3 heterocycles. The van der Waals surface area contributed by atoms with Gasteiger partial charge in [0.15, 0.2) is 5.82 Å². The fourth-order valence-corrected chi connectivity index (χ4v) is 3.14. The van der Waals surface area contributed by atoms with Crippen LogP contribution < -0.4 is 0 Å². The lowest BCUT2D eigenvalue weighted by atomic mass is 10.2. The minimum atomic E-state index is 0.498. The topological polar surface area (TPSA) is 38.9 Å². The Bertz CT molecular complexity index is 745. The Morgan fingerprint density at radius 1 is 1.17 bits per heavy atom. The molecule has 3 nitrogen and oxygen atoms in total. The second kappa shape index (κ2) is 4.07. The number of aryl methyl sites for hydroxylation is 3. The highest BCUT2D eigenvalue weighted by Crippen LogP contribution is 2.32. The maximum Gasteiger partial charge on any atom is 0.166 e. The van der Waals surface area contributed by atoms with Gasteiger partial charge in [-0.15, -0.1) is 11.3 Å². The van der Waals surface area contributed by atoms with Crippen LogP contribution in [0.25, 0.3) is 21.6 Å². The minimum absolute atomic E-state index is 0.498. The number of halogens is 1. The number of nitrogens with zero attached hydrogens (tertiary/aromatic N) is 2. The summed E-state index contributed by atoms with van der Waals surface area (Å²) in [7, 11) is 0. The predicted octanol–water partition coefficient (Wildman–Crippen LogP) is 4.53. The van der Waals surface area contributed by atoms with Crippen LogP contribution in [0.3, 0.4) is 0 Å². The molecule has 0 aliphatic rings. The van der Waals surface area contributed by atoms with Crippen molar-refractivity contribution in [2.24, 2.45) is 0 Å². The first-order valence-electron chi connectivity index (χ1n) is 5.55. The van der Waals surface area contributed by atoms with Gasteiger partial charge in [-0.05, 0) is 32.9 Å². The molecule has 3 aromatic heterocycles. The van der Waals surface area contributed by atoms with Crippen LogP contribution in [0.15, 0.2) is 16.5 Å². The fourth-order valence-electron chi connectivity index (χ4n) is 1.98. The highest BCUT2D eigenvalue weighted by molar-refractivity contribution is 7.18. The van der Waals surface area contributed by atoms with Crippen molar-refractivity contribution in [1.29, 1.82) is 0 Å². The molecule has 0 aliphatic heterocycles. The molecule has 0 fully saturated rings. The quantitative estimate of drug-likeness (QED) is 0.614. The number of furan rings is 1. The molecule has 0 aliphatic carbocycles. The number of hydrogen-bond acceptors (Lipinski definition) is 4. The first kappa shape index (κ1) is 11.7. The van der Waals surface area contributed by atoms with E-state index in [0.29, 0.717) is 11.0 Å². The van der Waals surface area contributed by atoms with Crippen LogP contribution in [-0.4, -0.2) is 9.97 Å². The Morgan fingerprint density at radius 2 is 1.94 bits per heavy atom. The van der Waals surface area contributed by atoms with E-state index < -0.39 is 0 Å². The molecule has 3 rings (SSSR count). The van der Waals surface area contributed by atoms with Gasteiger partial charge in [-0.3, -0.25) is 0 Å². The van der Waals surface area contributed by atoms with E-state index >= 15 is 0 Å². The van der Waals surface area contributed by atoms with Gasteiger partial charge in [0.05, 0.1) is 5.56 Å². The van der Waals surface area contributed by atoms with Crippen molar-refractivity contribution in [3.8, 4) is 11.4 Å². The number of aromatic nitrogens is 2. The van der Waals surface area contributed by atoms with E-state index in [1.54, 1.807) is 11.3 Å². The molecule has 0 unspecified atom stereocenters. The summed E-state index contributed by atoms with van der Waals surface area (Å²) in [6, 6.07) is 3.95. The van der Waals surface area contributed by atoms with Crippen molar-refractivity contribution in [1.82, 2.24) is 9.97 Å². The second-order valence-electron chi connectivity index (χ2n) is 4.24. The van der Waals surface area contributed by atoms with Crippen LogP contribution in [0.1, 0.15) is 16.4 Å². The summed E-state index contributed by atoms with van der Waals surface area (Å²) < 4.78 is 5.51. The first-order chi connectivity index (χ1) is 8.54. The lowest BCUT2D eigenvalue weighted by molar-refractivity contribution is 0.505. The smallest absolute Gasteiger partial charge is 0.166 e. The zero-order chi connectivity index (χ0) is 12.9. The first-order valence-corrected chi connectivity index (χ1v) is 6.75. The fraction of sp³-hybridized carbons (Fsp3) is 0.231.